The summed E-state index contributed by atoms with van der Waals surface area (Å²) in [5.74, 6) is 3.80. The van der Waals surface area contributed by atoms with Gasteiger partial charge in [0.2, 0.25) is 0 Å². The van der Waals surface area contributed by atoms with Crippen LogP contribution in [0.5, 0.6) is 0 Å². The van der Waals surface area contributed by atoms with Crippen LogP contribution in [0.4, 0.5) is 0 Å². The number of hydrogen-bond acceptors (Lipinski definition) is 0. The van der Waals surface area contributed by atoms with Crippen LogP contribution in [0.1, 0.15) is 60.8 Å². The zero-order chi connectivity index (χ0) is 10.9. The Hall–Kier alpha value is 0. The molecule has 0 amide bonds. The Morgan fingerprint density at radius 3 is 2.07 bits per heavy atom. The quantitative estimate of drug-likeness (QED) is 0.595. The van der Waals surface area contributed by atoms with Crippen LogP contribution in [0.2, 0.25) is 0 Å². The van der Waals surface area contributed by atoms with Crippen LogP contribution in [-0.4, -0.2) is 0 Å². The van der Waals surface area contributed by atoms with Gasteiger partial charge in [0, 0.05) is 0 Å². The van der Waals surface area contributed by atoms with Gasteiger partial charge in [0.15, 0.2) is 0 Å². The first kappa shape index (κ1) is 12.1. The molecule has 0 radical (unpaired) electrons. The summed E-state index contributed by atoms with van der Waals surface area (Å²) in [6.45, 7) is 14.4. The molecule has 0 nitrogen and oxygen atoms in total. The molecule has 1 aliphatic carbocycles. The summed E-state index contributed by atoms with van der Waals surface area (Å²) in [4.78, 5) is 0. The molecule has 1 aliphatic rings. The van der Waals surface area contributed by atoms with E-state index in [2.05, 4.69) is 41.5 Å². The average Bonchev–Trinajstić information content (AvgIpc) is 2.72. The van der Waals surface area contributed by atoms with E-state index in [1.165, 1.54) is 19.3 Å². The molecule has 0 aromatic carbocycles. The second-order valence-electron chi connectivity index (χ2n) is 5.88. The van der Waals surface area contributed by atoms with Crippen molar-refractivity contribution in [2.45, 2.75) is 60.8 Å². The van der Waals surface area contributed by atoms with Crippen molar-refractivity contribution in [2.75, 3.05) is 0 Å². The van der Waals surface area contributed by atoms with Crippen molar-refractivity contribution < 1.29 is 0 Å². The lowest BCUT2D eigenvalue weighted by atomic mass is 9.87. The van der Waals surface area contributed by atoms with Gasteiger partial charge in [-0.15, -0.1) is 0 Å². The molecule has 1 rings (SSSR count). The third kappa shape index (κ3) is 1.85. The van der Waals surface area contributed by atoms with Crippen LogP contribution >= 0.6 is 0 Å². The molecule has 4 atom stereocenters. The molecule has 0 heterocycles. The summed E-state index contributed by atoms with van der Waals surface area (Å²) in [6.07, 6.45) is 4.19. The molecule has 0 saturated heterocycles. The maximum atomic E-state index is 2.51. The predicted octanol–water partition coefficient (Wildman–Crippen LogP) is 4.74. The van der Waals surface area contributed by atoms with E-state index >= 15 is 0 Å². The maximum absolute atomic E-state index is 2.51. The summed E-state index contributed by atoms with van der Waals surface area (Å²) in [7, 11) is 0. The maximum Gasteiger partial charge on any atom is -0.0263 e. The van der Waals surface area contributed by atoms with Crippen molar-refractivity contribution >= 4 is 0 Å². The van der Waals surface area contributed by atoms with Gasteiger partial charge in [-0.05, 0) is 35.5 Å². The summed E-state index contributed by atoms with van der Waals surface area (Å²) in [5, 5.41) is 0. The van der Waals surface area contributed by atoms with E-state index in [4.69, 9.17) is 0 Å². The molecule has 0 spiro atoms. The molecule has 0 bridgehead atoms. The van der Waals surface area contributed by atoms with Crippen molar-refractivity contribution in [3.63, 3.8) is 0 Å². The fourth-order valence-electron chi connectivity index (χ4n) is 3.40. The third-order valence-electron chi connectivity index (χ3n) is 4.91. The Labute approximate surface area is 90.5 Å². The summed E-state index contributed by atoms with van der Waals surface area (Å²) < 4.78 is 0. The fraction of sp³-hybridized carbons (Fsp3) is 1.00. The minimum atomic E-state index is 0.680. The molecule has 14 heavy (non-hydrogen) atoms. The molecule has 4 unspecified atom stereocenters. The highest BCUT2D eigenvalue weighted by Crippen LogP contribution is 2.66. The Kier molecular flexibility index (Phi) is 3.66. The van der Waals surface area contributed by atoms with Gasteiger partial charge in [-0.3, -0.25) is 0 Å². The Morgan fingerprint density at radius 2 is 1.71 bits per heavy atom. The van der Waals surface area contributed by atoms with Gasteiger partial charge in [0.25, 0.3) is 0 Å². The van der Waals surface area contributed by atoms with Gasteiger partial charge in [-0.1, -0.05) is 54.4 Å². The molecule has 0 aliphatic heterocycles. The van der Waals surface area contributed by atoms with Crippen LogP contribution in [0, 0.1) is 29.1 Å². The van der Waals surface area contributed by atoms with Crippen LogP contribution < -0.4 is 0 Å². The average molecular weight is 196 g/mol. The third-order valence-corrected chi connectivity index (χ3v) is 4.91. The Bertz CT molecular complexity index is 182. The van der Waals surface area contributed by atoms with E-state index in [9.17, 15) is 0 Å². The number of hydrogen-bond donors (Lipinski definition) is 0. The first-order valence-electron chi connectivity index (χ1n) is 6.49. The fourth-order valence-corrected chi connectivity index (χ4v) is 3.40. The second-order valence-corrected chi connectivity index (χ2v) is 5.88. The molecule has 0 aromatic rings. The highest BCUT2D eigenvalue weighted by molar-refractivity contribution is 5.08. The van der Waals surface area contributed by atoms with Gasteiger partial charge in [-0.25, -0.2) is 0 Å². The van der Waals surface area contributed by atoms with Gasteiger partial charge in [0.05, 0.1) is 0 Å². The summed E-state index contributed by atoms with van der Waals surface area (Å²) in [6, 6.07) is 0. The molecule has 0 N–H and O–H groups in total. The largest absolute Gasteiger partial charge is 0.0654 e. The van der Waals surface area contributed by atoms with E-state index in [0.717, 1.165) is 23.7 Å². The molecule has 84 valence electrons. The molecule has 1 saturated carbocycles. The smallest absolute Gasteiger partial charge is 0.0263 e. The zero-order valence-electron chi connectivity index (χ0n) is 10.9. The van der Waals surface area contributed by atoms with Crippen molar-refractivity contribution in [1.82, 2.24) is 0 Å². The Balaban J connectivity index is 2.62. The highest BCUT2D eigenvalue weighted by atomic mass is 14.6. The van der Waals surface area contributed by atoms with Gasteiger partial charge >= 0.3 is 0 Å². The topological polar surface area (TPSA) is 0 Å². The normalized spacial score (nSPS) is 38.8. The standard InChI is InChI=1S/C14H28/c1-7-9-12-13(11(5)10(3)4)14(12,6)8-2/h10-13H,7-9H2,1-6H3. The lowest BCUT2D eigenvalue weighted by Gasteiger charge is -2.18. The molecular weight excluding hydrogens is 168 g/mol. The van der Waals surface area contributed by atoms with Crippen molar-refractivity contribution in [2.24, 2.45) is 29.1 Å². The van der Waals surface area contributed by atoms with Gasteiger partial charge in [-0.2, -0.15) is 0 Å². The van der Waals surface area contributed by atoms with Crippen LogP contribution in [0.25, 0.3) is 0 Å². The predicted molar refractivity (Wildman–Crippen MR) is 64.3 cm³/mol. The number of rotatable bonds is 5. The first-order valence-corrected chi connectivity index (χ1v) is 6.49. The van der Waals surface area contributed by atoms with E-state index in [1.807, 2.05) is 0 Å². The molecule has 0 heteroatoms. The second kappa shape index (κ2) is 4.24. The molecule has 0 aromatic heterocycles. The van der Waals surface area contributed by atoms with Crippen LogP contribution in [0.15, 0.2) is 0 Å². The van der Waals surface area contributed by atoms with Crippen LogP contribution in [0.3, 0.4) is 0 Å². The Morgan fingerprint density at radius 1 is 1.14 bits per heavy atom. The van der Waals surface area contributed by atoms with Gasteiger partial charge < -0.3 is 0 Å². The van der Waals surface area contributed by atoms with Crippen molar-refractivity contribution in [3.05, 3.63) is 0 Å². The SMILES string of the molecule is CCCC1C(C(C)C(C)C)C1(C)CC. The van der Waals surface area contributed by atoms with Crippen molar-refractivity contribution in [1.29, 1.82) is 0 Å². The molecular formula is C14H28. The lowest BCUT2D eigenvalue weighted by molar-refractivity contribution is 0.312. The van der Waals surface area contributed by atoms with E-state index in [-0.39, 0.29) is 0 Å². The first-order chi connectivity index (χ1) is 6.49. The van der Waals surface area contributed by atoms with E-state index in [0.29, 0.717) is 5.41 Å². The lowest BCUT2D eigenvalue weighted by Crippen LogP contribution is -2.11. The molecule has 1 fully saturated rings. The summed E-state index contributed by atoms with van der Waals surface area (Å²) >= 11 is 0. The monoisotopic (exact) mass is 196 g/mol. The van der Waals surface area contributed by atoms with Gasteiger partial charge in [0.1, 0.15) is 0 Å². The summed E-state index contributed by atoms with van der Waals surface area (Å²) in [5.41, 5.74) is 0.680. The van der Waals surface area contributed by atoms with E-state index < -0.39 is 0 Å². The highest BCUT2D eigenvalue weighted by Gasteiger charge is 2.60. The van der Waals surface area contributed by atoms with Crippen molar-refractivity contribution in [3.8, 4) is 0 Å². The minimum absolute atomic E-state index is 0.680. The van der Waals surface area contributed by atoms with E-state index in [1.54, 1.807) is 0 Å². The van der Waals surface area contributed by atoms with Crippen LogP contribution in [-0.2, 0) is 0 Å². The zero-order valence-corrected chi connectivity index (χ0v) is 10.9. The minimum Gasteiger partial charge on any atom is -0.0654 e.